The van der Waals surface area contributed by atoms with Gasteiger partial charge in [-0.25, -0.2) is 0 Å². The largest absolute Gasteiger partial charge is 0.507 e. The molecule has 4 N–H and O–H groups in total. The highest BCUT2D eigenvalue weighted by molar-refractivity contribution is 14.1. The molecule has 0 aromatic heterocycles. The molecule has 0 bridgehead atoms. The van der Waals surface area contributed by atoms with Gasteiger partial charge in [0.05, 0.1) is 0 Å². The summed E-state index contributed by atoms with van der Waals surface area (Å²) in [5.74, 6) is 0.285. The van der Waals surface area contributed by atoms with E-state index in [-0.39, 0.29) is 23.0 Å². The van der Waals surface area contributed by atoms with Gasteiger partial charge in [0, 0.05) is 30.7 Å². The van der Waals surface area contributed by atoms with Crippen molar-refractivity contribution in [2.75, 3.05) is 0 Å². The van der Waals surface area contributed by atoms with Gasteiger partial charge in [0.2, 0.25) is 0 Å². The third-order valence-electron chi connectivity index (χ3n) is 5.15. The van der Waals surface area contributed by atoms with E-state index in [1.807, 2.05) is 0 Å². The van der Waals surface area contributed by atoms with E-state index in [1.165, 1.54) is 12.4 Å². The summed E-state index contributed by atoms with van der Waals surface area (Å²) in [7, 11) is 0. The third kappa shape index (κ3) is 6.51. The van der Waals surface area contributed by atoms with Crippen LogP contribution in [0.1, 0.15) is 22.3 Å². The Morgan fingerprint density at radius 2 is 0.943 bits per heavy atom. The Morgan fingerprint density at radius 1 is 0.543 bits per heavy atom. The van der Waals surface area contributed by atoms with Gasteiger partial charge < -0.3 is 20.4 Å². The fourth-order valence-corrected chi connectivity index (χ4v) is 4.37. The first-order chi connectivity index (χ1) is 16.8. The van der Waals surface area contributed by atoms with E-state index in [4.69, 9.17) is 0 Å². The Labute approximate surface area is 229 Å². The van der Waals surface area contributed by atoms with Crippen LogP contribution in [0.2, 0.25) is 0 Å². The van der Waals surface area contributed by atoms with E-state index in [2.05, 4.69) is 55.2 Å². The molecular formula is C27H20I2N2O4. The van der Waals surface area contributed by atoms with Crippen molar-refractivity contribution in [3.63, 3.8) is 0 Å². The second-order valence-electron chi connectivity index (χ2n) is 7.75. The van der Waals surface area contributed by atoms with Crippen LogP contribution >= 0.6 is 45.2 Å². The first kappa shape index (κ1) is 25.0. The van der Waals surface area contributed by atoms with Gasteiger partial charge in [-0.3, -0.25) is 9.98 Å². The topological polar surface area (TPSA) is 106 Å². The predicted molar refractivity (Wildman–Crippen MR) is 155 cm³/mol. The van der Waals surface area contributed by atoms with Crippen LogP contribution in [0.4, 0.5) is 11.4 Å². The highest BCUT2D eigenvalue weighted by Crippen LogP contribution is 2.32. The number of rotatable bonds is 6. The zero-order chi connectivity index (χ0) is 24.9. The van der Waals surface area contributed by atoms with Crippen molar-refractivity contribution in [2.24, 2.45) is 9.98 Å². The maximum Gasteiger partial charge on any atom is 0.141 e. The number of phenols is 4. The molecule has 0 atom stereocenters. The van der Waals surface area contributed by atoms with Gasteiger partial charge in [-0.1, -0.05) is 12.1 Å². The summed E-state index contributed by atoms with van der Waals surface area (Å²) in [6.45, 7) is 0. The lowest BCUT2D eigenvalue weighted by Gasteiger charge is -2.07. The molecule has 4 aromatic carbocycles. The number of hydrogen-bond acceptors (Lipinski definition) is 6. The van der Waals surface area contributed by atoms with Crippen LogP contribution < -0.4 is 0 Å². The first-order valence-corrected chi connectivity index (χ1v) is 12.6. The van der Waals surface area contributed by atoms with E-state index in [0.29, 0.717) is 28.9 Å². The van der Waals surface area contributed by atoms with E-state index in [0.717, 1.165) is 18.3 Å². The zero-order valence-corrected chi connectivity index (χ0v) is 22.5. The molecule has 0 spiro atoms. The summed E-state index contributed by atoms with van der Waals surface area (Å²) >= 11 is 4.31. The lowest BCUT2D eigenvalue weighted by molar-refractivity contribution is 0.473. The van der Waals surface area contributed by atoms with E-state index in [9.17, 15) is 20.4 Å². The van der Waals surface area contributed by atoms with Crippen LogP contribution in [-0.4, -0.2) is 32.9 Å². The van der Waals surface area contributed by atoms with Crippen molar-refractivity contribution in [2.45, 2.75) is 6.42 Å². The van der Waals surface area contributed by atoms with Crippen molar-refractivity contribution >= 4 is 69.0 Å². The van der Waals surface area contributed by atoms with E-state index < -0.39 is 0 Å². The average molecular weight is 690 g/mol. The lowest BCUT2D eigenvalue weighted by atomic mass is 10.0. The third-order valence-corrected chi connectivity index (χ3v) is 6.49. The molecule has 0 unspecified atom stereocenters. The minimum absolute atomic E-state index is 0.0309. The lowest BCUT2D eigenvalue weighted by Crippen LogP contribution is -1.89. The Balaban J connectivity index is 1.56. The Hall–Kier alpha value is -3.12. The molecule has 0 aliphatic heterocycles. The molecule has 4 aromatic rings. The van der Waals surface area contributed by atoms with Crippen LogP contribution in [0.3, 0.4) is 0 Å². The fraction of sp³-hybridized carbons (Fsp3) is 0.0370. The molecular weight excluding hydrogens is 670 g/mol. The van der Waals surface area contributed by atoms with Gasteiger partial charge in [0.15, 0.2) is 0 Å². The molecule has 0 radical (unpaired) electrons. The molecule has 4 rings (SSSR count). The van der Waals surface area contributed by atoms with Crippen LogP contribution in [-0.2, 0) is 6.42 Å². The van der Waals surface area contributed by atoms with E-state index in [1.54, 1.807) is 72.8 Å². The fourth-order valence-electron chi connectivity index (χ4n) is 3.34. The number of aromatic hydroxyl groups is 4. The van der Waals surface area contributed by atoms with Crippen molar-refractivity contribution in [3.8, 4) is 23.0 Å². The first-order valence-electron chi connectivity index (χ1n) is 10.5. The molecule has 8 heteroatoms. The van der Waals surface area contributed by atoms with Crippen LogP contribution in [0.5, 0.6) is 23.0 Å². The molecule has 0 heterocycles. The van der Waals surface area contributed by atoms with Crippen molar-refractivity contribution in [1.29, 1.82) is 0 Å². The van der Waals surface area contributed by atoms with Gasteiger partial charge >= 0.3 is 0 Å². The molecule has 0 amide bonds. The number of halogens is 2. The number of nitrogens with zero attached hydrogens (tertiary/aromatic N) is 2. The summed E-state index contributed by atoms with van der Waals surface area (Å²) in [6.07, 6.45) is 3.56. The second-order valence-corrected chi connectivity index (χ2v) is 10.2. The maximum absolute atomic E-state index is 10.3. The number of aliphatic imine (C=N–C) groups is 2. The van der Waals surface area contributed by atoms with Crippen molar-refractivity contribution in [1.82, 2.24) is 0 Å². The summed E-state index contributed by atoms with van der Waals surface area (Å²) < 4.78 is 1.92. The standard InChI is InChI=1S/C27H20I2N2O4/c28-20-3-7-24(32)18(12-20)14-30-22-10-16(1-5-26(22)34)9-17-2-6-27(35)23(11-17)31-15-19-13-21(29)4-8-25(19)33/h1-8,10-15,32-35H,9H2. The molecule has 0 fully saturated rings. The van der Waals surface area contributed by atoms with Gasteiger partial charge in [-0.2, -0.15) is 0 Å². The van der Waals surface area contributed by atoms with E-state index >= 15 is 0 Å². The smallest absolute Gasteiger partial charge is 0.141 e. The average Bonchev–Trinajstić information content (AvgIpc) is 2.83. The van der Waals surface area contributed by atoms with Gasteiger partial charge in [0.1, 0.15) is 34.4 Å². The quantitative estimate of drug-likeness (QED) is 0.132. The molecule has 176 valence electrons. The minimum Gasteiger partial charge on any atom is -0.507 e. The maximum atomic E-state index is 10.3. The summed E-state index contributed by atoms with van der Waals surface area (Å²) in [5.41, 5.74) is 3.68. The van der Waals surface area contributed by atoms with Crippen molar-refractivity contribution < 1.29 is 20.4 Å². The van der Waals surface area contributed by atoms with Crippen LogP contribution in [0.25, 0.3) is 0 Å². The van der Waals surface area contributed by atoms with Crippen LogP contribution in [0.15, 0.2) is 82.8 Å². The number of phenolic OH excluding ortho intramolecular Hbond substituents is 4. The van der Waals surface area contributed by atoms with Crippen molar-refractivity contribution in [3.05, 3.63) is 102 Å². The number of hydrogen-bond donors (Lipinski definition) is 4. The summed E-state index contributed by atoms with van der Waals surface area (Å²) in [5, 5.41) is 40.5. The Morgan fingerprint density at radius 3 is 1.37 bits per heavy atom. The van der Waals surface area contributed by atoms with Gasteiger partial charge in [-0.05, 0) is 123 Å². The monoisotopic (exact) mass is 690 g/mol. The molecule has 0 saturated heterocycles. The van der Waals surface area contributed by atoms with Gasteiger partial charge in [-0.15, -0.1) is 0 Å². The highest BCUT2D eigenvalue weighted by atomic mass is 127. The predicted octanol–water partition coefficient (Wildman–Crippen LogP) is 6.81. The second kappa shape index (κ2) is 11.1. The van der Waals surface area contributed by atoms with Crippen LogP contribution in [0, 0.1) is 7.14 Å². The SMILES string of the molecule is Oc1ccc(I)cc1C=Nc1cc(Cc2ccc(O)c(N=Cc3cc(I)ccc3O)c2)ccc1O. The normalized spacial score (nSPS) is 11.5. The highest BCUT2D eigenvalue weighted by Gasteiger charge is 2.07. The number of benzene rings is 4. The molecule has 0 aliphatic carbocycles. The summed E-state index contributed by atoms with van der Waals surface area (Å²) in [4.78, 5) is 8.73. The molecule has 0 saturated carbocycles. The van der Waals surface area contributed by atoms with Gasteiger partial charge in [0.25, 0.3) is 0 Å². The summed E-state index contributed by atoms with van der Waals surface area (Å²) in [6, 6.07) is 20.7. The molecule has 0 aliphatic rings. The molecule has 35 heavy (non-hydrogen) atoms. The Bertz CT molecular complexity index is 1340. The molecule has 6 nitrogen and oxygen atoms in total. The zero-order valence-electron chi connectivity index (χ0n) is 18.2. The minimum atomic E-state index is 0.0309. The Kier molecular flexibility index (Phi) is 7.91.